The lowest BCUT2D eigenvalue weighted by atomic mass is 10.0. The molecule has 0 radical (unpaired) electrons. The Bertz CT molecular complexity index is 1200. The van der Waals surface area contributed by atoms with E-state index in [4.69, 9.17) is 0 Å². The van der Waals surface area contributed by atoms with Gasteiger partial charge in [-0.25, -0.2) is 9.37 Å². The topological polar surface area (TPSA) is 81.7 Å². The molecule has 148 valence electrons. The van der Waals surface area contributed by atoms with Crippen molar-refractivity contribution < 1.29 is 9.18 Å². The molecule has 0 aliphatic heterocycles. The number of aromatic nitrogens is 6. The third-order valence-corrected chi connectivity index (χ3v) is 4.78. The van der Waals surface area contributed by atoms with Crippen molar-refractivity contribution in [1.82, 2.24) is 34.4 Å². The lowest BCUT2D eigenvalue weighted by Crippen LogP contribution is -2.28. The van der Waals surface area contributed by atoms with Gasteiger partial charge in [0.15, 0.2) is 5.82 Å². The maximum Gasteiger partial charge on any atom is 0.254 e. The van der Waals surface area contributed by atoms with E-state index in [0.717, 1.165) is 12.1 Å². The van der Waals surface area contributed by atoms with Crippen molar-refractivity contribution in [2.24, 2.45) is 7.05 Å². The van der Waals surface area contributed by atoms with Crippen LogP contribution in [0.1, 0.15) is 23.1 Å². The zero-order valence-electron chi connectivity index (χ0n) is 16.4. The number of fused-ring (bicyclic) bond motifs is 1. The van der Waals surface area contributed by atoms with Gasteiger partial charge in [-0.1, -0.05) is 0 Å². The van der Waals surface area contributed by atoms with Crippen molar-refractivity contribution in [2.75, 3.05) is 7.05 Å². The fourth-order valence-corrected chi connectivity index (χ4v) is 3.13. The van der Waals surface area contributed by atoms with Gasteiger partial charge in [0.2, 0.25) is 0 Å². The van der Waals surface area contributed by atoms with Gasteiger partial charge in [0.25, 0.3) is 5.91 Å². The van der Waals surface area contributed by atoms with Gasteiger partial charge in [-0.15, -0.1) is 10.2 Å². The first kappa shape index (κ1) is 18.7. The van der Waals surface area contributed by atoms with Gasteiger partial charge in [-0.3, -0.25) is 9.48 Å². The van der Waals surface area contributed by atoms with Gasteiger partial charge in [-0.05, 0) is 31.2 Å². The average Bonchev–Trinajstić information content (AvgIpc) is 3.36. The largest absolute Gasteiger partial charge is 0.334 e. The summed E-state index contributed by atoms with van der Waals surface area (Å²) in [5, 5.41) is 12.6. The molecule has 0 bridgehead atoms. The van der Waals surface area contributed by atoms with E-state index < -0.39 is 5.82 Å². The van der Waals surface area contributed by atoms with E-state index in [1.54, 1.807) is 41.0 Å². The predicted molar refractivity (Wildman–Crippen MR) is 105 cm³/mol. The van der Waals surface area contributed by atoms with Gasteiger partial charge in [0, 0.05) is 37.8 Å². The molecule has 3 aromatic heterocycles. The third-order valence-electron chi connectivity index (χ3n) is 4.78. The second-order valence-electron chi connectivity index (χ2n) is 6.82. The molecule has 0 unspecified atom stereocenters. The van der Waals surface area contributed by atoms with Crippen molar-refractivity contribution in [2.45, 2.75) is 20.0 Å². The van der Waals surface area contributed by atoms with Crippen molar-refractivity contribution in [3.63, 3.8) is 0 Å². The molecule has 8 nitrogen and oxygen atoms in total. The molecular formula is C20H20FN7O. The van der Waals surface area contributed by atoms with E-state index in [-0.39, 0.29) is 12.5 Å². The lowest BCUT2D eigenvalue weighted by Gasteiger charge is -2.18. The van der Waals surface area contributed by atoms with Gasteiger partial charge in [0.05, 0.1) is 29.5 Å². The molecule has 0 spiro atoms. The minimum atomic E-state index is -0.421. The second-order valence-corrected chi connectivity index (χ2v) is 6.82. The minimum absolute atomic E-state index is 0.255. The highest BCUT2D eigenvalue weighted by molar-refractivity contribution is 6.07. The number of carbonyl (C=O) groups is 1. The number of aryl methyl sites for hydroxylation is 2. The quantitative estimate of drug-likeness (QED) is 0.521. The zero-order valence-corrected chi connectivity index (χ0v) is 16.4. The monoisotopic (exact) mass is 393 g/mol. The Morgan fingerprint density at radius 1 is 1.28 bits per heavy atom. The number of rotatable bonds is 5. The number of halogens is 1. The Labute approximate surface area is 166 Å². The van der Waals surface area contributed by atoms with Crippen LogP contribution in [-0.4, -0.2) is 47.4 Å². The summed E-state index contributed by atoms with van der Waals surface area (Å²) in [7, 11) is 3.49. The molecule has 4 rings (SSSR count). The van der Waals surface area contributed by atoms with Crippen molar-refractivity contribution >= 4 is 16.8 Å². The van der Waals surface area contributed by atoms with Gasteiger partial charge < -0.3 is 9.47 Å². The van der Waals surface area contributed by atoms with E-state index in [1.165, 1.54) is 17.0 Å². The first-order valence-electron chi connectivity index (χ1n) is 9.17. The molecule has 0 fully saturated rings. The Balaban J connectivity index is 1.79. The summed E-state index contributed by atoms with van der Waals surface area (Å²) in [5.41, 5.74) is 2.32. The molecule has 3 heterocycles. The second kappa shape index (κ2) is 7.42. The molecule has 0 saturated carbocycles. The molecule has 0 aliphatic carbocycles. The Morgan fingerprint density at radius 2 is 2.10 bits per heavy atom. The van der Waals surface area contributed by atoms with Crippen LogP contribution in [0, 0.1) is 5.82 Å². The van der Waals surface area contributed by atoms with Crippen LogP contribution >= 0.6 is 0 Å². The summed E-state index contributed by atoms with van der Waals surface area (Å²) >= 11 is 0. The van der Waals surface area contributed by atoms with Crippen LogP contribution < -0.4 is 0 Å². The maximum atomic E-state index is 13.9. The van der Waals surface area contributed by atoms with Crippen LogP contribution in [0.4, 0.5) is 4.39 Å². The number of amides is 1. The van der Waals surface area contributed by atoms with Crippen LogP contribution in [0.3, 0.4) is 0 Å². The summed E-state index contributed by atoms with van der Waals surface area (Å²) in [6.45, 7) is 2.99. The number of hydrogen-bond donors (Lipinski definition) is 0. The summed E-state index contributed by atoms with van der Waals surface area (Å²) in [6.07, 6.45) is 5.16. The molecule has 9 heteroatoms. The van der Waals surface area contributed by atoms with E-state index in [1.807, 2.05) is 20.2 Å². The standard InChI is InChI=1S/C20H20FN7O/c1-4-28-10-13(9-23-28)18-8-16(15-7-14(21)5-6-17(15)24-18)20(29)26(2)11-19-25-22-12-27(19)3/h5-10,12H,4,11H2,1-3H3. The normalized spacial score (nSPS) is 11.2. The number of pyridine rings is 1. The van der Waals surface area contributed by atoms with Crippen molar-refractivity contribution in [1.29, 1.82) is 0 Å². The van der Waals surface area contributed by atoms with E-state index in [0.29, 0.717) is 28.0 Å². The number of hydrogen-bond acceptors (Lipinski definition) is 5. The summed E-state index contributed by atoms with van der Waals surface area (Å²) in [6, 6.07) is 5.95. The maximum absolute atomic E-state index is 13.9. The number of nitrogens with zero attached hydrogens (tertiary/aromatic N) is 7. The molecule has 0 saturated heterocycles. The molecule has 0 aliphatic rings. The highest BCUT2D eigenvalue weighted by atomic mass is 19.1. The van der Waals surface area contributed by atoms with E-state index in [2.05, 4.69) is 20.3 Å². The Kier molecular flexibility index (Phi) is 4.79. The van der Waals surface area contributed by atoms with Crippen LogP contribution in [0.2, 0.25) is 0 Å². The molecular weight excluding hydrogens is 373 g/mol. The first-order chi connectivity index (χ1) is 14.0. The van der Waals surface area contributed by atoms with Crippen LogP contribution in [0.15, 0.2) is 43.0 Å². The molecule has 1 amide bonds. The Hall–Kier alpha value is -3.62. The first-order valence-corrected chi connectivity index (χ1v) is 9.17. The average molecular weight is 393 g/mol. The molecule has 1 aromatic carbocycles. The van der Waals surface area contributed by atoms with E-state index >= 15 is 0 Å². The number of carbonyl (C=O) groups excluding carboxylic acids is 1. The van der Waals surface area contributed by atoms with Crippen molar-refractivity contribution in [3.05, 3.63) is 60.2 Å². The summed E-state index contributed by atoms with van der Waals surface area (Å²) in [4.78, 5) is 19.4. The van der Waals surface area contributed by atoms with Gasteiger partial charge >= 0.3 is 0 Å². The van der Waals surface area contributed by atoms with Gasteiger partial charge in [-0.2, -0.15) is 5.10 Å². The molecule has 0 N–H and O–H groups in total. The summed E-state index contributed by atoms with van der Waals surface area (Å²) in [5.74, 6) is -0.0270. The molecule has 29 heavy (non-hydrogen) atoms. The van der Waals surface area contributed by atoms with E-state index in [9.17, 15) is 9.18 Å². The number of benzene rings is 1. The highest BCUT2D eigenvalue weighted by Crippen LogP contribution is 2.26. The third kappa shape index (κ3) is 3.58. The van der Waals surface area contributed by atoms with Crippen molar-refractivity contribution in [3.8, 4) is 11.3 Å². The van der Waals surface area contributed by atoms with Gasteiger partial charge in [0.1, 0.15) is 12.1 Å². The van der Waals surface area contributed by atoms with Crippen LogP contribution in [-0.2, 0) is 20.1 Å². The Morgan fingerprint density at radius 3 is 2.79 bits per heavy atom. The minimum Gasteiger partial charge on any atom is -0.334 e. The van der Waals surface area contributed by atoms with Crippen LogP contribution in [0.25, 0.3) is 22.2 Å². The fourth-order valence-electron chi connectivity index (χ4n) is 3.13. The fraction of sp³-hybridized carbons (Fsp3) is 0.250. The molecule has 0 atom stereocenters. The SMILES string of the molecule is CCn1cc(-c2cc(C(=O)N(C)Cc3nncn3C)c3cc(F)ccc3n2)cn1. The van der Waals surface area contributed by atoms with Crippen LogP contribution in [0.5, 0.6) is 0 Å². The zero-order chi connectivity index (χ0) is 20.5. The molecule has 4 aromatic rings. The smallest absolute Gasteiger partial charge is 0.254 e. The summed E-state index contributed by atoms with van der Waals surface area (Å²) < 4.78 is 17.5. The highest BCUT2D eigenvalue weighted by Gasteiger charge is 2.20. The lowest BCUT2D eigenvalue weighted by molar-refractivity contribution is 0.0782. The predicted octanol–water partition coefficient (Wildman–Crippen LogP) is 2.66.